The van der Waals surface area contributed by atoms with Crippen molar-refractivity contribution in [2.75, 3.05) is 5.32 Å². The quantitative estimate of drug-likeness (QED) is 0.521. The molecule has 0 aliphatic rings. The Kier molecular flexibility index (Phi) is 4.38. The van der Waals surface area contributed by atoms with Crippen molar-refractivity contribution >= 4 is 28.8 Å². The Morgan fingerprint density at radius 2 is 1.89 bits per heavy atom. The highest BCUT2D eigenvalue weighted by Crippen LogP contribution is 2.24. The van der Waals surface area contributed by atoms with Gasteiger partial charge in [0.25, 0.3) is 5.91 Å². The van der Waals surface area contributed by atoms with Crippen LogP contribution in [0.1, 0.15) is 15.9 Å². The topological polar surface area (TPSA) is 46.4 Å². The van der Waals surface area contributed by atoms with E-state index in [1.54, 1.807) is 12.1 Å². The van der Waals surface area contributed by atoms with Gasteiger partial charge >= 0.3 is 0 Å². The first-order valence-electron chi connectivity index (χ1n) is 8.33. The van der Waals surface area contributed by atoms with Crippen molar-refractivity contribution in [1.82, 2.24) is 9.38 Å². The minimum atomic E-state index is -0.656. The predicted molar refractivity (Wildman–Crippen MR) is 105 cm³/mol. The third-order valence-corrected chi connectivity index (χ3v) is 4.62. The number of imidazole rings is 1. The Morgan fingerprint density at radius 3 is 2.59 bits per heavy atom. The van der Waals surface area contributed by atoms with Crippen LogP contribution >= 0.6 is 11.6 Å². The van der Waals surface area contributed by atoms with Gasteiger partial charge in [-0.25, -0.2) is 9.37 Å². The molecule has 0 atom stereocenters. The molecule has 1 amide bonds. The molecule has 0 aliphatic heterocycles. The number of carbonyl (C=O) groups is 1. The van der Waals surface area contributed by atoms with Crippen LogP contribution in [-0.2, 0) is 0 Å². The van der Waals surface area contributed by atoms with Crippen molar-refractivity contribution < 1.29 is 9.18 Å². The van der Waals surface area contributed by atoms with Gasteiger partial charge in [-0.15, -0.1) is 0 Å². The molecule has 1 N–H and O–H groups in total. The van der Waals surface area contributed by atoms with Gasteiger partial charge in [0.15, 0.2) is 0 Å². The average molecular weight is 380 g/mol. The summed E-state index contributed by atoms with van der Waals surface area (Å²) in [6, 6.07) is 15.3. The summed E-state index contributed by atoms with van der Waals surface area (Å²) in [6.07, 6.45) is 3.90. The summed E-state index contributed by atoms with van der Waals surface area (Å²) in [4.78, 5) is 17.0. The Morgan fingerprint density at radius 1 is 1.11 bits per heavy atom. The number of hydrogen-bond acceptors (Lipinski definition) is 2. The molecule has 0 radical (unpaired) electrons. The number of nitrogens with zero attached hydrogens (tertiary/aromatic N) is 2. The lowest BCUT2D eigenvalue weighted by Crippen LogP contribution is -2.14. The van der Waals surface area contributed by atoms with Crippen molar-refractivity contribution in [2.45, 2.75) is 6.92 Å². The van der Waals surface area contributed by atoms with Crippen LogP contribution in [0.5, 0.6) is 0 Å². The van der Waals surface area contributed by atoms with Gasteiger partial charge < -0.3 is 9.72 Å². The Hall–Kier alpha value is -3.18. The minimum Gasteiger partial charge on any atom is -0.322 e. The van der Waals surface area contributed by atoms with Gasteiger partial charge in [-0.3, -0.25) is 4.79 Å². The monoisotopic (exact) mass is 379 g/mol. The molecule has 0 unspecified atom stereocenters. The Labute approximate surface area is 160 Å². The van der Waals surface area contributed by atoms with E-state index in [0.717, 1.165) is 22.5 Å². The maximum absolute atomic E-state index is 13.9. The molecule has 2 aromatic heterocycles. The van der Waals surface area contributed by atoms with Crippen molar-refractivity contribution in [3.05, 3.63) is 89.0 Å². The number of rotatable bonds is 3. The van der Waals surface area contributed by atoms with Crippen LogP contribution in [0.4, 0.5) is 10.1 Å². The third kappa shape index (κ3) is 3.29. The van der Waals surface area contributed by atoms with Gasteiger partial charge in [0, 0.05) is 23.6 Å². The van der Waals surface area contributed by atoms with Crippen molar-refractivity contribution in [2.24, 2.45) is 0 Å². The molecule has 4 aromatic rings. The number of fused-ring (bicyclic) bond motifs is 1. The molecule has 2 aromatic carbocycles. The van der Waals surface area contributed by atoms with E-state index in [1.165, 1.54) is 18.2 Å². The largest absolute Gasteiger partial charge is 0.322 e. The number of carbonyl (C=O) groups excluding carboxylic acids is 1. The van der Waals surface area contributed by atoms with Crippen molar-refractivity contribution in [3.63, 3.8) is 0 Å². The number of amides is 1. The minimum absolute atomic E-state index is 0.0733. The molecule has 0 bridgehead atoms. The van der Waals surface area contributed by atoms with E-state index in [1.807, 2.05) is 48.0 Å². The normalized spacial score (nSPS) is 10.9. The second-order valence-corrected chi connectivity index (χ2v) is 6.58. The molecular weight excluding hydrogens is 365 g/mol. The number of aromatic nitrogens is 2. The molecule has 0 saturated heterocycles. The van der Waals surface area contributed by atoms with E-state index in [4.69, 9.17) is 11.6 Å². The maximum Gasteiger partial charge on any atom is 0.260 e. The summed E-state index contributed by atoms with van der Waals surface area (Å²) < 4.78 is 15.8. The molecule has 4 rings (SSSR count). The average Bonchev–Trinajstić information content (AvgIpc) is 3.08. The highest BCUT2D eigenvalue weighted by Gasteiger charge is 2.16. The number of anilines is 1. The lowest BCUT2D eigenvalue weighted by Gasteiger charge is -2.08. The smallest absolute Gasteiger partial charge is 0.260 e. The fourth-order valence-electron chi connectivity index (χ4n) is 2.93. The first-order chi connectivity index (χ1) is 13.0. The summed E-state index contributed by atoms with van der Waals surface area (Å²) in [5, 5.41) is 2.74. The van der Waals surface area contributed by atoms with E-state index in [0.29, 0.717) is 5.69 Å². The maximum atomic E-state index is 13.9. The number of benzene rings is 2. The van der Waals surface area contributed by atoms with Crippen molar-refractivity contribution in [1.29, 1.82) is 0 Å². The highest BCUT2D eigenvalue weighted by atomic mass is 35.5. The zero-order chi connectivity index (χ0) is 19.0. The molecule has 0 fully saturated rings. The number of aryl methyl sites for hydroxylation is 1. The third-order valence-electron chi connectivity index (χ3n) is 4.31. The number of hydrogen-bond donors (Lipinski definition) is 1. The van der Waals surface area contributed by atoms with Crippen LogP contribution in [-0.4, -0.2) is 15.3 Å². The summed E-state index contributed by atoms with van der Waals surface area (Å²) in [5.74, 6) is -1.24. The van der Waals surface area contributed by atoms with Gasteiger partial charge in [-0.2, -0.15) is 0 Å². The van der Waals surface area contributed by atoms with E-state index in [2.05, 4.69) is 10.3 Å². The summed E-state index contributed by atoms with van der Waals surface area (Å²) in [5.41, 5.74) is 4.12. The van der Waals surface area contributed by atoms with Gasteiger partial charge in [0.05, 0.1) is 16.3 Å². The second kappa shape index (κ2) is 6.85. The fraction of sp³-hybridized carbons (Fsp3) is 0.0476. The fourth-order valence-corrected chi connectivity index (χ4v) is 3.17. The summed E-state index contributed by atoms with van der Waals surface area (Å²) >= 11 is 5.94. The van der Waals surface area contributed by atoms with Gasteiger partial charge in [-0.05, 0) is 42.8 Å². The van der Waals surface area contributed by atoms with Crippen LogP contribution in [0, 0.1) is 12.7 Å². The molecule has 6 heteroatoms. The number of nitrogens with one attached hydrogen (secondary N) is 1. The van der Waals surface area contributed by atoms with E-state index < -0.39 is 11.7 Å². The van der Waals surface area contributed by atoms with Crippen LogP contribution in [0.2, 0.25) is 5.02 Å². The van der Waals surface area contributed by atoms with E-state index in [-0.39, 0.29) is 10.6 Å². The van der Waals surface area contributed by atoms with Crippen LogP contribution < -0.4 is 5.32 Å². The molecule has 4 nitrogen and oxygen atoms in total. The van der Waals surface area contributed by atoms with Gasteiger partial charge in [-0.1, -0.05) is 35.9 Å². The van der Waals surface area contributed by atoms with Gasteiger partial charge in [0.1, 0.15) is 11.5 Å². The standard InChI is InChI=1S/C21H15ClFN3O/c1-13-4-3-11-26-12-18(25-20(13)26)14-7-9-15(10-8-14)24-21(27)19-16(22)5-2-6-17(19)23/h2-12H,1H3,(H,24,27). The number of halogens is 2. The lowest BCUT2D eigenvalue weighted by atomic mass is 10.1. The zero-order valence-corrected chi connectivity index (χ0v) is 15.2. The second-order valence-electron chi connectivity index (χ2n) is 6.18. The van der Waals surface area contributed by atoms with Crippen molar-refractivity contribution in [3.8, 4) is 11.3 Å². The molecule has 134 valence electrons. The SMILES string of the molecule is Cc1cccn2cc(-c3ccc(NC(=O)c4c(F)cccc4Cl)cc3)nc12. The number of pyridine rings is 1. The predicted octanol–water partition coefficient (Wildman–Crippen LogP) is 5.35. The molecular formula is C21H15ClFN3O. The summed E-state index contributed by atoms with van der Waals surface area (Å²) in [6.45, 7) is 2.01. The Bertz CT molecular complexity index is 1130. The lowest BCUT2D eigenvalue weighted by molar-refractivity contribution is 0.102. The van der Waals surface area contributed by atoms with E-state index >= 15 is 0 Å². The molecule has 27 heavy (non-hydrogen) atoms. The van der Waals surface area contributed by atoms with E-state index in [9.17, 15) is 9.18 Å². The molecule has 2 heterocycles. The van der Waals surface area contributed by atoms with Crippen LogP contribution in [0.3, 0.4) is 0 Å². The zero-order valence-electron chi connectivity index (χ0n) is 14.4. The first kappa shape index (κ1) is 17.2. The van der Waals surface area contributed by atoms with Gasteiger partial charge in [0.2, 0.25) is 0 Å². The molecule has 0 saturated carbocycles. The molecule has 0 aliphatic carbocycles. The van der Waals surface area contributed by atoms with Crippen LogP contribution in [0.15, 0.2) is 67.0 Å². The molecule has 0 spiro atoms. The van der Waals surface area contributed by atoms with Crippen LogP contribution in [0.25, 0.3) is 16.9 Å². The summed E-state index contributed by atoms with van der Waals surface area (Å²) in [7, 11) is 0. The highest BCUT2D eigenvalue weighted by molar-refractivity contribution is 6.34. The first-order valence-corrected chi connectivity index (χ1v) is 8.71. The Balaban J connectivity index is 1.58.